The smallest absolute Gasteiger partial charge is 0.288 e. The van der Waals surface area contributed by atoms with Gasteiger partial charge in [0.15, 0.2) is 11.7 Å². The summed E-state index contributed by atoms with van der Waals surface area (Å²) in [5, 5.41) is 14.2. The first-order valence-corrected chi connectivity index (χ1v) is 13.2. The molecule has 1 amide bonds. The Hall–Kier alpha value is -2.79. The number of pyridine rings is 1. The molecule has 2 N–H and O–H groups in total. The van der Waals surface area contributed by atoms with Crippen LogP contribution in [0.4, 0.5) is 10.2 Å². The Morgan fingerprint density at radius 1 is 1.21 bits per heavy atom. The number of nitrogens with zero attached hydrogens (tertiary/aromatic N) is 3. The second-order valence-electron chi connectivity index (χ2n) is 9.21. The minimum absolute atomic E-state index is 0.0430. The maximum absolute atomic E-state index is 13.8. The first kappa shape index (κ1) is 21.7. The van der Waals surface area contributed by atoms with Gasteiger partial charge in [0.25, 0.3) is 15.9 Å². The molecule has 11 heteroatoms. The van der Waals surface area contributed by atoms with Crippen LogP contribution in [0.15, 0.2) is 61.6 Å². The second-order valence-corrected chi connectivity index (χ2v) is 11.7. The van der Waals surface area contributed by atoms with E-state index < -0.39 is 15.9 Å². The Balaban J connectivity index is 1.45. The van der Waals surface area contributed by atoms with Crippen LogP contribution in [-0.4, -0.2) is 41.2 Å². The predicted octanol–water partition coefficient (Wildman–Crippen LogP) is 3.77. The highest BCUT2D eigenvalue weighted by Gasteiger charge is 2.57. The number of benzene rings is 1. The number of carbonyl (C=O) groups is 1. The monoisotopic (exact) mass is 546 g/mol. The number of nitrogens with one attached hydrogen (secondary N) is 1. The average Bonchev–Trinajstić information content (AvgIpc) is 3.40. The maximum atomic E-state index is 13.8. The summed E-state index contributed by atoms with van der Waals surface area (Å²) in [6, 6.07) is 7.13. The third-order valence-electron chi connectivity index (χ3n) is 7.33. The summed E-state index contributed by atoms with van der Waals surface area (Å²) >= 11 is 3.21. The number of amidine groups is 1. The number of aromatic nitrogens is 1. The lowest BCUT2D eigenvalue weighted by Gasteiger charge is -2.44. The molecular formula is C23H20BrFN4O4S. The number of halogens is 2. The van der Waals surface area contributed by atoms with Crippen LogP contribution >= 0.6 is 15.9 Å². The second kappa shape index (κ2) is 7.61. The van der Waals surface area contributed by atoms with Crippen LogP contribution in [0.1, 0.15) is 24.8 Å². The quantitative estimate of drug-likeness (QED) is 0.606. The van der Waals surface area contributed by atoms with E-state index in [1.54, 1.807) is 17.0 Å². The van der Waals surface area contributed by atoms with E-state index >= 15 is 0 Å². The van der Waals surface area contributed by atoms with E-state index in [4.69, 9.17) is 0 Å². The molecule has 6 rings (SSSR count). The van der Waals surface area contributed by atoms with E-state index in [2.05, 4.69) is 30.6 Å². The number of aliphatic hydroxyl groups excluding tert-OH is 1. The summed E-state index contributed by atoms with van der Waals surface area (Å²) in [6.07, 6.45) is 4.25. The standard InChI is InChI=1S/C23H20BrFN4O4S/c24-14-8-16-21(26-9-14)27-22(28-34(16,32)33)18-20(30)17-12-3-4-13(7-12)19(17)29(23(18)31)10-11-1-5-15(25)6-2-11/h1-2,5-6,8-9,12-13,17,19,30H,3-4,7,10H2,(H,26,27,28)/t12-,13+,17+,19?/m0/s1. The number of rotatable bonds is 3. The van der Waals surface area contributed by atoms with Crippen molar-refractivity contribution in [3.63, 3.8) is 0 Å². The third-order valence-corrected chi connectivity index (χ3v) is 9.05. The molecule has 2 fully saturated rings. The van der Waals surface area contributed by atoms with Gasteiger partial charge in [-0.1, -0.05) is 12.1 Å². The average molecular weight is 547 g/mol. The highest BCUT2D eigenvalue weighted by molar-refractivity contribution is 9.10. The highest BCUT2D eigenvalue weighted by Crippen LogP contribution is 2.55. The first-order valence-electron chi connectivity index (χ1n) is 11.0. The summed E-state index contributed by atoms with van der Waals surface area (Å²) in [5.41, 5.74) is 0.606. The minimum Gasteiger partial charge on any atom is -0.511 e. The molecule has 2 aliphatic carbocycles. The van der Waals surface area contributed by atoms with Crippen LogP contribution in [0.5, 0.6) is 0 Å². The van der Waals surface area contributed by atoms with E-state index in [1.807, 2.05) is 0 Å². The molecule has 2 aliphatic heterocycles. The zero-order valence-corrected chi connectivity index (χ0v) is 20.2. The van der Waals surface area contributed by atoms with Crippen molar-refractivity contribution < 1.29 is 22.7 Å². The predicted molar refractivity (Wildman–Crippen MR) is 125 cm³/mol. The van der Waals surface area contributed by atoms with Gasteiger partial charge >= 0.3 is 0 Å². The van der Waals surface area contributed by atoms with E-state index in [1.165, 1.54) is 24.4 Å². The summed E-state index contributed by atoms with van der Waals surface area (Å²) < 4.78 is 43.6. The van der Waals surface area contributed by atoms with Gasteiger partial charge in [-0.15, -0.1) is 4.40 Å². The van der Waals surface area contributed by atoms with Crippen molar-refractivity contribution in [1.82, 2.24) is 9.88 Å². The normalized spacial score (nSPS) is 28.9. The van der Waals surface area contributed by atoms with E-state index in [0.717, 1.165) is 24.8 Å². The van der Waals surface area contributed by atoms with E-state index in [-0.39, 0.29) is 64.0 Å². The molecule has 1 aromatic heterocycles. The molecule has 1 aromatic carbocycles. The van der Waals surface area contributed by atoms with Gasteiger partial charge in [-0.2, -0.15) is 8.42 Å². The summed E-state index contributed by atoms with van der Waals surface area (Å²) in [7, 11) is -4.15. The fourth-order valence-corrected chi connectivity index (χ4v) is 7.54. The molecule has 1 unspecified atom stereocenters. The Labute approximate surface area is 203 Å². The summed E-state index contributed by atoms with van der Waals surface area (Å²) in [4.78, 5) is 19.5. The molecule has 3 heterocycles. The van der Waals surface area contributed by atoms with Gasteiger partial charge in [0, 0.05) is 29.2 Å². The summed E-state index contributed by atoms with van der Waals surface area (Å²) in [6.45, 7) is 0.224. The third kappa shape index (κ3) is 3.28. The van der Waals surface area contributed by atoms with Crippen LogP contribution in [0, 0.1) is 23.6 Å². The van der Waals surface area contributed by atoms with Crippen molar-refractivity contribution in [2.24, 2.45) is 22.2 Å². The van der Waals surface area contributed by atoms with Crippen LogP contribution in [0.2, 0.25) is 0 Å². The molecule has 0 spiro atoms. The maximum Gasteiger partial charge on any atom is 0.288 e. The number of carbonyl (C=O) groups excluding carboxylic acids is 1. The number of fused-ring (bicyclic) bond motifs is 6. The lowest BCUT2D eigenvalue weighted by Crippen LogP contribution is -2.53. The Morgan fingerprint density at radius 2 is 1.94 bits per heavy atom. The van der Waals surface area contributed by atoms with Crippen molar-refractivity contribution in [3.8, 4) is 0 Å². The van der Waals surface area contributed by atoms with Crippen molar-refractivity contribution in [3.05, 3.63) is 63.7 Å². The van der Waals surface area contributed by atoms with Gasteiger partial charge in [0.2, 0.25) is 0 Å². The lowest BCUT2D eigenvalue weighted by atomic mass is 9.77. The van der Waals surface area contributed by atoms with E-state index in [0.29, 0.717) is 4.47 Å². The van der Waals surface area contributed by atoms with Crippen molar-refractivity contribution in [2.75, 3.05) is 5.32 Å². The Bertz CT molecular complexity index is 1390. The molecule has 2 aromatic rings. The Morgan fingerprint density at radius 3 is 2.71 bits per heavy atom. The molecular weight excluding hydrogens is 527 g/mol. The zero-order chi connectivity index (χ0) is 23.8. The fourth-order valence-electron chi connectivity index (χ4n) is 5.96. The van der Waals surface area contributed by atoms with Gasteiger partial charge in [0.05, 0.1) is 0 Å². The lowest BCUT2D eigenvalue weighted by molar-refractivity contribution is -0.134. The van der Waals surface area contributed by atoms with Gasteiger partial charge in [-0.05, 0) is 70.8 Å². The molecule has 2 bridgehead atoms. The van der Waals surface area contributed by atoms with Crippen molar-refractivity contribution in [1.29, 1.82) is 0 Å². The molecule has 4 aliphatic rings. The molecule has 8 nitrogen and oxygen atoms in total. The van der Waals surface area contributed by atoms with Gasteiger partial charge in [0.1, 0.15) is 22.0 Å². The Kier molecular flexibility index (Phi) is 4.86. The van der Waals surface area contributed by atoms with Crippen molar-refractivity contribution in [2.45, 2.75) is 36.7 Å². The van der Waals surface area contributed by atoms with Crippen LogP contribution in [0.25, 0.3) is 0 Å². The number of aliphatic hydroxyl groups is 1. The van der Waals surface area contributed by atoms with E-state index in [9.17, 15) is 22.7 Å². The zero-order valence-electron chi connectivity index (χ0n) is 17.8. The summed E-state index contributed by atoms with van der Waals surface area (Å²) in [5.74, 6) is -0.996. The fraction of sp³-hybridized carbons (Fsp3) is 0.348. The van der Waals surface area contributed by atoms with Gasteiger partial charge in [-0.3, -0.25) is 4.79 Å². The van der Waals surface area contributed by atoms with Gasteiger partial charge < -0.3 is 15.3 Å². The molecule has 176 valence electrons. The van der Waals surface area contributed by atoms with Crippen molar-refractivity contribution >= 4 is 43.5 Å². The largest absolute Gasteiger partial charge is 0.511 e. The van der Waals surface area contributed by atoms with Crippen LogP contribution < -0.4 is 5.32 Å². The van der Waals surface area contributed by atoms with Gasteiger partial charge in [-0.25, -0.2) is 9.37 Å². The number of sulfonamides is 1. The molecule has 0 saturated heterocycles. The molecule has 34 heavy (non-hydrogen) atoms. The number of hydrogen-bond donors (Lipinski definition) is 2. The SMILES string of the molecule is O=C1C(C2=NS(=O)(=O)c3cc(Br)cnc3N2)=C(O)[C@H]2C([C@@H]3CC[C@H]2C3)N1Cc1ccc(F)cc1. The van der Waals surface area contributed by atoms with Crippen LogP contribution in [-0.2, 0) is 21.4 Å². The number of amides is 1. The highest BCUT2D eigenvalue weighted by atomic mass is 79.9. The first-order chi connectivity index (χ1) is 16.2. The topological polar surface area (TPSA) is 112 Å². The molecule has 4 atom stereocenters. The number of anilines is 1. The number of hydrogen-bond acceptors (Lipinski definition) is 6. The van der Waals surface area contributed by atoms with Crippen LogP contribution in [0.3, 0.4) is 0 Å². The molecule has 2 saturated carbocycles. The minimum atomic E-state index is -4.15. The molecule has 0 radical (unpaired) electrons.